The van der Waals surface area contributed by atoms with Crippen molar-refractivity contribution in [2.75, 3.05) is 11.9 Å². The zero-order chi connectivity index (χ0) is 15.6. The lowest BCUT2D eigenvalue weighted by Crippen LogP contribution is -2.35. The predicted octanol–water partition coefficient (Wildman–Crippen LogP) is 5.16. The molecule has 0 N–H and O–H groups in total. The minimum absolute atomic E-state index is 0.117. The lowest BCUT2D eigenvalue weighted by Gasteiger charge is -2.35. The normalized spacial score (nSPS) is 23.1. The van der Waals surface area contributed by atoms with Crippen LogP contribution < -0.4 is 4.90 Å². The fraction of sp³-hybridized carbons (Fsp3) is 0.667. The number of pyridine rings is 1. The van der Waals surface area contributed by atoms with Gasteiger partial charge in [-0.25, -0.2) is 4.98 Å². The second-order valence-corrected chi connectivity index (χ2v) is 6.12. The van der Waals surface area contributed by atoms with Gasteiger partial charge in [-0.1, -0.05) is 24.9 Å². The van der Waals surface area contributed by atoms with Crippen LogP contribution in [0.5, 0.6) is 0 Å². The van der Waals surface area contributed by atoms with Crippen LogP contribution in [0.15, 0.2) is 12.1 Å². The van der Waals surface area contributed by atoms with E-state index in [9.17, 15) is 13.2 Å². The molecule has 0 amide bonds. The Morgan fingerprint density at radius 3 is 2.38 bits per heavy atom. The van der Waals surface area contributed by atoms with Crippen LogP contribution in [0.2, 0.25) is 5.15 Å². The van der Waals surface area contributed by atoms with E-state index in [0.717, 1.165) is 43.7 Å². The maximum absolute atomic E-state index is 12.8. The summed E-state index contributed by atoms with van der Waals surface area (Å²) >= 11 is 5.75. The Hall–Kier alpha value is -0.970. The second kappa shape index (κ2) is 6.42. The zero-order valence-electron chi connectivity index (χ0n) is 12.3. The highest BCUT2D eigenvalue weighted by Gasteiger charge is 2.32. The summed E-state index contributed by atoms with van der Waals surface area (Å²) in [5.41, 5.74) is -0.744. The molecule has 21 heavy (non-hydrogen) atoms. The van der Waals surface area contributed by atoms with Crippen molar-refractivity contribution in [1.82, 2.24) is 4.98 Å². The SMILES string of the molecule is CCC1CCC(N(C)c2cc(C(F)(F)F)cc(Cl)n2)CC1. The van der Waals surface area contributed by atoms with Gasteiger partial charge in [0, 0.05) is 13.1 Å². The largest absolute Gasteiger partial charge is 0.416 e. The topological polar surface area (TPSA) is 16.1 Å². The summed E-state index contributed by atoms with van der Waals surface area (Å²) < 4.78 is 38.5. The standard InChI is InChI=1S/C15H20ClF3N2/c1-3-10-4-6-12(7-5-10)21(2)14-9-11(15(17,18)19)8-13(16)20-14/h8-10,12H,3-7H2,1-2H3. The first-order chi connectivity index (χ1) is 9.81. The van der Waals surface area contributed by atoms with E-state index in [1.165, 1.54) is 6.42 Å². The summed E-state index contributed by atoms with van der Waals surface area (Å²) in [6.45, 7) is 2.18. The molecule has 1 saturated carbocycles. The molecule has 1 aromatic heterocycles. The molecule has 0 aromatic carbocycles. The van der Waals surface area contributed by atoms with Crippen LogP contribution in [-0.2, 0) is 6.18 Å². The molecule has 1 aliphatic carbocycles. The van der Waals surface area contributed by atoms with Gasteiger partial charge in [0.05, 0.1) is 5.56 Å². The summed E-state index contributed by atoms with van der Waals surface area (Å²) in [6.07, 6.45) is 0.998. The number of rotatable bonds is 3. The van der Waals surface area contributed by atoms with Gasteiger partial charge in [0.15, 0.2) is 0 Å². The fourth-order valence-corrected chi connectivity index (χ4v) is 3.16. The Morgan fingerprint density at radius 1 is 1.24 bits per heavy atom. The Kier molecular flexibility index (Phi) is 5.02. The van der Waals surface area contributed by atoms with Crippen molar-refractivity contribution >= 4 is 17.4 Å². The van der Waals surface area contributed by atoms with Gasteiger partial charge in [0.1, 0.15) is 11.0 Å². The molecule has 0 bridgehead atoms. The van der Waals surface area contributed by atoms with Crippen molar-refractivity contribution < 1.29 is 13.2 Å². The molecule has 1 aliphatic rings. The summed E-state index contributed by atoms with van der Waals surface area (Å²) in [7, 11) is 1.80. The first-order valence-corrected chi connectivity index (χ1v) is 7.66. The molecular formula is C15H20ClF3N2. The number of hydrogen-bond acceptors (Lipinski definition) is 2. The van der Waals surface area contributed by atoms with E-state index in [2.05, 4.69) is 11.9 Å². The summed E-state index contributed by atoms with van der Waals surface area (Å²) in [5, 5.41) is -0.117. The molecular weight excluding hydrogens is 301 g/mol. The fourth-order valence-electron chi connectivity index (χ4n) is 2.95. The number of nitrogens with zero attached hydrogens (tertiary/aromatic N) is 2. The molecule has 0 atom stereocenters. The third-order valence-electron chi connectivity index (χ3n) is 4.41. The highest BCUT2D eigenvalue weighted by molar-refractivity contribution is 6.29. The lowest BCUT2D eigenvalue weighted by atomic mass is 9.84. The average molecular weight is 321 g/mol. The third-order valence-corrected chi connectivity index (χ3v) is 4.60. The molecule has 0 aliphatic heterocycles. The van der Waals surface area contributed by atoms with Crippen LogP contribution in [0.25, 0.3) is 0 Å². The Balaban J connectivity index is 2.16. The smallest absolute Gasteiger partial charge is 0.357 e. The third kappa shape index (κ3) is 4.02. The van der Waals surface area contributed by atoms with Gasteiger partial charge in [0.2, 0.25) is 0 Å². The van der Waals surface area contributed by atoms with Gasteiger partial charge in [-0.05, 0) is 43.7 Å². The molecule has 0 saturated heterocycles. The van der Waals surface area contributed by atoms with Crippen molar-refractivity contribution in [3.63, 3.8) is 0 Å². The van der Waals surface area contributed by atoms with Crippen LogP contribution in [0.1, 0.15) is 44.6 Å². The first kappa shape index (κ1) is 16.4. The van der Waals surface area contributed by atoms with Crippen LogP contribution >= 0.6 is 11.6 Å². The number of anilines is 1. The van der Waals surface area contributed by atoms with Gasteiger partial charge in [-0.2, -0.15) is 13.2 Å². The number of hydrogen-bond donors (Lipinski definition) is 0. The van der Waals surface area contributed by atoms with Crippen LogP contribution in [0, 0.1) is 5.92 Å². The van der Waals surface area contributed by atoms with Gasteiger partial charge >= 0.3 is 6.18 Å². The van der Waals surface area contributed by atoms with E-state index in [0.29, 0.717) is 5.82 Å². The first-order valence-electron chi connectivity index (χ1n) is 7.29. The Morgan fingerprint density at radius 2 is 1.86 bits per heavy atom. The van der Waals surface area contributed by atoms with Gasteiger partial charge < -0.3 is 4.90 Å². The predicted molar refractivity (Wildman–Crippen MR) is 78.7 cm³/mol. The molecule has 1 aromatic rings. The molecule has 1 fully saturated rings. The highest BCUT2D eigenvalue weighted by Crippen LogP contribution is 2.35. The average Bonchev–Trinajstić information content (AvgIpc) is 2.45. The Labute approximate surface area is 128 Å². The van der Waals surface area contributed by atoms with Crippen LogP contribution in [0.3, 0.4) is 0 Å². The Bertz CT molecular complexity index is 482. The molecule has 0 unspecified atom stereocenters. The molecule has 0 spiro atoms. The van der Waals surface area contributed by atoms with E-state index in [1.54, 1.807) is 7.05 Å². The van der Waals surface area contributed by atoms with Crippen LogP contribution in [0.4, 0.5) is 19.0 Å². The number of halogens is 4. The zero-order valence-corrected chi connectivity index (χ0v) is 13.0. The van der Waals surface area contributed by atoms with Crippen molar-refractivity contribution in [2.45, 2.75) is 51.2 Å². The summed E-state index contributed by atoms with van der Waals surface area (Å²) in [6, 6.07) is 2.19. The van der Waals surface area contributed by atoms with E-state index in [4.69, 9.17) is 11.6 Å². The monoisotopic (exact) mass is 320 g/mol. The van der Waals surface area contributed by atoms with Crippen molar-refractivity contribution in [2.24, 2.45) is 5.92 Å². The van der Waals surface area contributed by atoms with Gasteiger partial charge in [-0.3, -0.25) is 0 Å². The van der Waals surface area contributed by atoms with E-state index >= 15 is 0 Å². The van der Waals surface area contributed by atoms with E-state index < -0.39 is 11.7 Å². The molecule has 118 valence electrons. The quantitative estimate of drug-likeness (QED) is 0.715. The van der Waals surface area contributed by atoms with E-state index in [1.807, 2.05) is 4.90 Å². The maximum atomic E-state index is 12.8. The molecule has 0 radical (unpaired) electrons. The van der Waals surface area contributed by atoms with Gasteiger partial charge in [0.25, 0.3) is 0 Å². The van der Waals surface area contributed by atoms with Crippen molar-refractivity contribution in [3.05, 3.63) is 22.8 Å². The molecule has 1 heterocycles. The maximum Gasteiger partial charge on any atom is 0.416 e. The highest BCUT2D eigenvalue weighted by atomic mass is 35.5. The molecule has 6 heteroatoms. The van der Waals surface area contributed by atoms with Crippen molar-refractivity contribution in [1.29, 1.82) is 0 Å². The second-order valence-electron chi connectivity index (χ2n) is 5.73. The minimum atomic E-state index is -4.40. The van der Waals surface area contributed by atoms with E-state index in [-0.39, 0.29) is 11.2 Å². The van der Waals surface area contributed by atoms with Crippen molar-refractivity contribution in [3.8, 4) is 0 Å². The summed E-state index contributed by atoms with van der Waals surface area (Å²) in [5.74, 6) is 1.04. The number of aromatic nitrogens is 1. The molecule has 2 rings (SSSR count). The minimum Gasteiger partial charge on any atom is -0.357 e. The van der Waals surface area contributed by atoms with Crippen LogP contribution in [-0.4, -0.2) is 18.1 Å². The van der Waals surface area contributed by atoms with Gasteiger partial charge in [-0.15, -0.1) is 0 Å². The number of alkyl halides is 3. The molecule has 2 nitrogen and oxygen atoms in total. The lowest BCUT2D eigenvalue weighted by molar-refractivity contribution is -0.137. The summed E-state index contributed by atoms with van der Waals surface area (Å²) in [4.78, 5) is 5.89.